The Labute approximate surface area is 126 Å². The summed E-state index contributed by atoms with van der Waals surface area (Å²) >= 11 is 6.18. The molecule has 0 bridgehead atoms. The first kappa shape index (κ1) is 13.7. The van der Waals surface area contributed by atoms with E-state index in [-0.39, 0.29) is 6.61 Å². The van der Waals surface area contributed by atoms with Gasteiger partial charge < -0.3 is 5.11 Å². The normalized spacial score (nSPS) is 10.8. The molecule has 3 rings (SSSR count). The zero-order valence-electron chi connectivity index (χ0n) is 11.4. The smallest absolute Gasteiger partial charge is 0.117 e. The van der Waals surface area contributed by atoms with Gasteiger partial charge in [-0.05, 0) is 36.8 Å². The molecule has 0 spiro atoms. The van der Waals surface area contributed by atoms with E-state index >= 15 is 0 Å². The van der Waals surface area contributed by atoms with Crippen molar-refractivity contribution in [1.82, 2.24) is 20.0 Å². The first-order valence-electron chi connectivity index (χ1n) is 6.43. The van der Waals surface area contributed by atoms with Gasteiger partial charge in [0.1, 0.15) is 11.4 Å². The van der Waals surface area contributed by atoms with E-state index in [0.29, 0.717) is 10.7 Å². The number of pyridine rings is 1. The molecule has 0 unspecified atom stereocenters. The van der Waals surface area contributed by atoms with Crippen LogP contribution in [0.3, 0.4) is 0 Å². The molecule has 0 aliphatic carbocycles. The molecule has 2 heterocycles. The van der Waals surface area contributed by atoms with Gasteiger partial charge in [0.05, 0.1) is 12.3 Å². The minimum absolute atomic E-state index is 0.183. The highest BCUT2D eigenvalue weighted by Gasteiger charge is 2.17. The molecule has 3 aromatic rings. The SMILES string of the molecule is Cc1c(Cl)cccc1-n1nnc(CO)c1-c1ccncc1. The fraction of sp³-hybridized carbons (Fsp3) is 0.133. The van der Waals surface area contributed by atoms with Crippen LogP contribution in [0.4, 0.5) is 0 Å². The van der Waals surface area contributed by atoms with Gasteiger partial charge in [0, 0.05) is 23.0 Å². The third-order valence-corrected chi connectivity index (χ3v) is 3.72. The van der Waals surface area contributed by atoms with Crippen molar-refractivity contribution in [3.8, 4) is 16.9 Å². The van der Waals surface area contributed by atoms with E-state index in [9.17, 15) is 5.11 Å². The van der Waals surface area contributed by atoms with Crippen LogP contribution in [0.15, 0.2) is 42.7 Å². The zero-order valence-corrected chi connectivity index (χ0v) is 12.1. The van der Waals surface area contributed by atoms with Crippen LogP contribution in [0.25, 0.3) is 16.9 Å². The number of benzene rings is 1. The second kappa shape index (κ2) is 5.63. The Hall–Kier alpha value is -2.24. The fourth-order valence-electron chi connectivity index (χ4n) is 2.21. The molecule has 0 fully saturated rings. The average Bonchev–Trinajstić information content (AvgIpc) is 2.94. The fourth-order valence-corrected chi connectivity index (χ4v) is 2.38. The number of aromatic nitrogens is 4. The molecular weight excluding hydrogens is 288 g/mol. The molecule has 5 nitrogen and oxygen atoms in total. The van der Waals surface area contributed by atoms with Gasteiger partial charge >= 0.3 is 0 Å². The van der Waals surface area contributed by atoms with E-state index < -0.39 is 0 Å². The summed E-state index contributed by atoms with van der Waals surface area (Å²) in [6, 6.07) is 9.32. The molecule has 0 saturated heterocycles. The maximum absolute atomic E-state index is 9.51. The first-order valence-corrected chi connectivity index (χ1v) is 6.81. The van der Waals surface area contributed by atoms with Gasteiger partial charge in [0.15, 0.2) is 0 Å². The molecule has 106 valence electrons. The lowest BCUT2D eigenvalue weighted by Crippen LogP contribution is -2.02. The molecule has 1 N–H and O–H groups in total. The lowest BCUT2D eigenvalue weighted by molar-refractivity contribution is 0.277. The summed E-state index contributed by atoms with van der Waals surface area (Å²) in [7, 11) is 0. The Balaban J connectivity index is 2.25. The van der Waals surface area contributed by atoms with Crippen LogP contribution in [0.5, 0.6) is 0 Å². The topological polar surface area (TPSA) is 63.8 Å². The Morgan fingerprint density at radius 1 is 1.19 bits per heavy atom. The second-order valence-electron chi connectivity index (χ2n) is 4.57. The van der Waals surface area contributed by atoms with Gasteiger partial charge in [-0.2, -0.15) is 0 Å². The van der Waals surface area contributed by atoms with Gasteiger partial charge in [0.25, 0.3) is 0 Å². The van der Waals surface area contributed by atoms with Crippen LogP contribution in [-0.2, 0) is 6.61 Å². The van der Waals surface area contributed by atoms with Crippen LogP contribution in [0.2, 0.25) is 5.02 Å². The monoisotopic (exact) mass is 300 g/mol. The Kier molecular flexibility index (Phi) is 3.68. The van der Waals surface area contributed by atoms with E-state index in [2.05, 4.69) is 15.3 Å². The highest BCUT2D eigenvalue weighted by Crippen LogP contribution is 2.28. The third kappa shape index (κ3) is 2.41. The number of hydrogen-bond acceptors (Lipinski definition) is 4. The molecule has 2 aromatic heterocycles. The summed E-state index contributed by atoms with van der Waals surface area (Å²) in [5, 5.41) is 18.4. The van der Waals surface area contributed by atoms with Crippen molar-refractivity contribution in [2.75, 3.05) is 0 Å². The molecule has 0 aliphatic rings. The zero-order chi connectivity index (χ0) is 14.8. The number of aliphatic hydroxyl groups is 1. The summed E-state index contributed by atoms with van der Waals surface area (Å²) in [5.74, 6) is 0. The van der Waals surface area contributed by atoms with Crippen molar-refractivity contribution in [2.45, 2.75) is 13.5 Å². The van der Waals surface area contributed by atoms with Crippen molar-refractivity contribution in [3.05, 3.63) is 59.0 Å². The maximum atomic E-state index is 9.51. The minimum atomic E-state index is -0.183. The summed E-state index contributed by atoms with van der Waals surface area (Å²) < 4.78 is 1.70. The number of rotatable bonds is 3. The minimum Gasteiger partial charge on any atom is -0.390 e. The van der Waals surface area contributed by atoms with E-state index in [0.717, 1.165) is 22.5 Å². The lowest BCUT2D eigenvalue weighted by Gasteiger charge is -2.11. The van der Waals surface area contributed by atoms with Gasteiger partial charge in [-0.25, -0.2) is 4.68 Å². The second-order valence-corrected chi connectivity index (χ2v) is 4.98. The molecular formula is C15H13ClN4O. The van der Waals surface area contributed by atoms with Crippen LogP contribution in [0, 0.1) is 6.92 Å². The number of halogens is 1. The highest BCUT2D eigenvalue weighted by atomic mass is 35.5. The molecule has 1 aromatic carbocycles. The lowest BCUT2D eigenvalue weighted by atomic mass is 10.1. The van der Waals surface area contributed by atoms with Gasteiger partial charge in [-0.3, -0.25) is 4.98 Å². The van der Waals surface area contributed by atoms with E-state index in [1.807, 2.05) is 37.3 Å². The van der Waals surface area contributed by atoms with Crippen LogP contribution >= 0.6 is 11.6 Å². The molecule has 0 amide bonds. The number of nitrogens with zero attached hydrogens (tertiary/aromatic N) is 4. The van der Waals surface area contributed by atoms with Gasteiger partial charge in [-0.15, -0.1) is 5.10 Å². The summed E-state index contributed by atoms with van der Waals surface area (Å²) in [5.41, 5.74) is 3.88. The van der Waals surface area contributed by atoms with Crippen LogP contribution in [0.1, 0.15) is 11.3 Å². The van der Waals surface area contributed by atoms with Crippen molar-refractivity contribution in [2.24, 2.45) is 0 Å². The van der Waals surface area contributed by atoms with Gasteiger partial charge in [0.2, 0.25) is 0 Å². The summed E-state index contributed by atoms with van der Waals surface area (Å²) in [6.07, 6.45) is 3.39. The molecule has 0 saturated carbocycles. The van der Waals surface area contributed by atoms with Crippen molar-refractivity contribution in [3.63, 3.8) is 0 Å². The standard InChI is InChI=1S/C15H13ClN4O/c1-10-12(16)3-2-4-14(10)20-15(13(9-21)18-19-20)11-5-7-17-8-6-11/h2-8,21H,9H2,1H3. The summed E-state index contributed by atoms with van der Waals surface area (Å²) in [6.45, 7) is 1.74. The van der Waals surface area contributed by atoms with Crippen molar-refractivity contribution < 1.29 is 5.11 Å². The molecule has 0 radical (unpaired) electrons. The largest absolute Gasteiger partial charge is 0.390 e. The highest BCUT2D eigenvalue weighted by molar-refractivity contribution is 6.31. The average molecular weight is 301 g/mol. The van der Waals surface area contributed by atoms with Crippen molar-refractivity contribution >= 4 is 11.6 Å². The summed E-state index contributed by atoms with van der Waals surface area (Å²) in [4.78, 5) is 4.01. The molecule has 6 heteroatoms. The third-order valence-electron chi connectivity index (χ3n) is 3.31. The number of aliphatic hydroxyl groups excluding tert-OH is 1. The number of hydrogen-bond donors (Lipinski definition) is 1. The van der Waals surface area contributed by atoms with Crippen molar-refractivity contribution in [1.29, 1.82) is 0 Å². The molecule has 21 heavy (non-hydrogen) atoms. The quantitative estimate of drug-likeness (QED) is 0.808. The van der Waals surface area contributed by atoms with Crippen LogP contribution < -0.4 is 0 Å². The predicted molar refractivity (Wildman–Crippen MR) is 80.3 cm³/mol. The molecule has 0 aliphatic heterocycles. The van der Waals surface area contributed by atoms with E-state index in [4.69, 9.17) is 11.6 Å². The van der Waals surface area contributed by atoms with Crippen LogP contribution in [-0.4, -0.2) is 25.1 Å². The first-order chi connectivity index (χ1) is 10.2. The predicted octanol–water partition coefficient (Wildman–Crippen LogP) is 2.78. The van der Waals surface area contributed by atoms with Gasteiger partial charge in [-0.1, -0.05) is 22.9 Å². The Morgan fingerprint density at radius 2 is 1.95 bits per heavy atom. The Morgan fingerprint density at radius 3 is 2.67 bits per heavy atom. The Bertz CT molecular complexity index is 771. The van der Waals surface area contributed by atoms with E-state index in [1.165, 1.54) is 0 Å². The van der Waals surface area contributed by atoms with E-state index in [1.54, 1.807) is 17.1 Å². The maximum Gasteiger partial charge on any atom is 0.117 e. The molecule has 0 atom stereocenters.